The van der Waals surface area contributed by atoms with E-state index in [2.05, 4.69) is 4.74 Å². The summed E-state index contributed by atoms with van der Waals surface area (Å²) in [7, 11) is 0. The lowest BCUT2D eigenvalue weighted by atomic mass is 10.0. The van der Waals surface area contributed by atoms with Crippen LogP contribution in [0, 0.1) is 0 Å². The van der Waals surface area contributed by atoms with Crippen molar-refractivity contribution >= 4 is 5.97 Å². The van der Waals surface area contributed by atoms with Crippen LogP contribution in [0.15, 0.2) is 42.5 Å². The normalized spacial score (nSPS) is 11.2. The summed E-state index contributed by atoms with van der Waals surface area (Å²) in [5.41, 5.74) is 0.181. The number of halogens is 3. The molecule has 0 fully saturated rings. The van der Waals surface area contributed by atoms with Crippen LogP contribution >= 0.6 is 0 Å². The number of hydrogen-bond donors (Lipinski definition) is 2. The number of phenolic OH excluding ortho intramolecular Hbond substituents is 1. The average Bonchev–Trinajstić information content (AvgIpc) is 2.37. The van der Waals surface area contributed by atoms with Crippen molar-refractivity contribution < 1.29 is 32.9 Å². The highest BCUT2D eigenvalue weighted by Gasteiger charge is 2.32. The van der Waals surface area contributed by atoms with E-state index in [0.29, 0.717) is 0 Å². The van der Waals surface area contributed by atoms with Gasteiger partial charge in [-0.15, -0.1) is 13.2 Å². The second kappa shape index (κ2) is 5.35. The highest BCUT2D eigenvalue weighted by molar-refractivity contribution is 5.89. The van der Waals surface area contributed by atoms with E-state index in [1.165, 1.54) is 36.4 Å². The van der Waals surface area contributed by atoms with E-state index in [0.717, 1.165) is 6.07 Å². The summed E-state index contributed by atoms with van der Waals surface area (Å²) in [5, 5.41) is 18.2. The first-order valence-corrected chi connectivity index (χ1v) is 5.69. The predicted molar refractivity (Wildman–Crippen MR) is 67.2 cm³/mol. The van der Waals surface area contributed by atoms with E-state index in [9.17, 15) is 23.1 Å². The summed E-state index contributed by atoms with van der Waals surface area (Å²) < 4.78 is 41.0. The Hall–Kier alpha value is -2.70. The number of benzene rings is 2. The molecule has 0 aliphatic heterocycles. The van der Waals surface area contributed by atoms with E-state index in [1.807, 2.05) is 0 Å². The highest BCUT2D eigenvalue weighted by Crippen LogP contribution is 2.36. The van der Waals surface area contributed by atoms with Crippen LogP contribution in [0.3, 0.4) is 0 Å². The molecule has 21 heavy (non-hydrogen) atoms. The quantitative estimate of drug-likeness (QED) is 0.907. The van der Waals surface area contributed by atoms with Gasteiger partial charge in [0.1, 0.15) is 11.5 Å². The first-order valence-electron chi connectivity index (χ1n) is 5.69. The van der Waals surface area contributed by atoms with E-state index >= 15 is 0 Å². The molecule has 0 spiro atoms. The number of alkyl halides is 3. The van der Waals surface area contributed by atoms with Crippen LogP contribution < -0.4 is 4.74 Å². The van der Waals surface area contributed by atoms with Gasteiger partial charge in [-0.1, -0.05) is 12.1 Å². The molecule has 0 heterocycles. The molecule has 0 saturated heterocycles. The topological polar surface area (TPSA) is 66.8 Å². The molecule has 4 nitrogen and oxygen atoms in total. The van der Waals surface area contributed by atoms with Crippen molar-refractivity contribution in [1.82, 2.24) is 0 Å². The van der Waals surface area contributed by atoms with Crippen molar-refractivity contribution in [3.05, 3.63) is 48.0 Å². The summed E-state index contributed by atoms with van der Waals surface area (Å²) in [4.78, 5) is 10.9. The molecule has 0 saturated carbocycles. The third-order valence-electron chi connectivity index (χ3n) is 2.61. The molecular formula is C14H9F3O4. The monoisotopic (exact) mass is 298 g/mol. The van der Waals surface area contributed by atoms with Gasteiger partial charge in [0.15, 0.2) is 0 Å². The standard InChI is InChI=1S/C14H9F3O4/c15-14(16,17)21-12-7-10(18)4-5-11(12)8-2-1-3-9(6-8)13(19)20/h1-7,18H,(H,19,20). The van der Waals surface area contributed by atoms with Gasteiger partial charge in [0.25, 0.3) is 0 Å². The Balaban J connectivity index is 2.53. The maximum atomic E-state index is 12.4. The molecule has 2 aromatic rings. The van der Waals surface area contributed by atoms with Crippen LogP contribution in [0.1, 0.15) is 10.4 Å². The van der Waals surface area contributed by atoms with E-state index < -0.39 is 23.8 Å². The minimum Gasteiger partial charge on any atom is -0.508 e. The molecular weight excluding hydrogens is 289 g/mol. The molecule has 0 aliphatic carbocycles. The number of rotatable bonds is 3. The smallest absolute Gasteiger partial charge is 0.508 e. The molecule has 2 rings (SSSR count). The number of carbonyl (C=O) groups is 1. The zero-order valence-corrected chi connectivity index (χ0v) is 10.4. The Bertz CT molecular complexity index is 680. The number of carboxylic acids is 1. The fraction of sp³-hybridized carbons (Fsp3) is 0.0714. The molecule has 0 unspecified atom stereocenters. The van der Waals surface area contributed by atoms with Crippen LogP contribution in [0.5, 0.6) is 11.5 Å². The zero-order chi connectivity index (χ0) is 15.6. The Morgan fingerprint density at radius 3 is 2.43 bits per heavy atom. The molecule has 0 aliphatic rings. The van der Waals surface area contributed by atoms with Crippen LogP contribution in [0.4, 0.5) is 13.2 Å². The third-order valence-corrected chi connectivity index (χ3v) is 2.61. The van der Waals surface area contributed by atoms with Crippen LogP contribution in [0.2, 0.25) is 0 Å². The summed E-state index contributed by atoms with van der Waals surface area (Å²) in [6.07, 6.45) is -4.92. The van der Waals surface area contributed by atoms with Crippen LogP contribution in [-0.2, 0) is 0 Å². The molecule has 0 atom stereocenters. The predicted octanol–water partition coefficient (Wildman–Crippen LogP) is 3.66. The second-order valence-electron chi connectivity index (χ2n) is 4.11. The third kappa shape index (κ3) is 3.65. The average molecular weight is 298 g/mol. The van der Waals surface area contributed by atoms with Gasteiger partial charge in [0.2, 0.25) is 0 Å². The van der Waals surface area contributed by atoms with Gasteiger partial charge in [0.05, 0.1) is 5.56 Å². The van der Waals surface area contributed by atoms with Crippen molar-refractivity contribution in [3.63, 3.8) is 0 Å². The van der Waals surface area contributed by atoms with Crippen molar-refractivity contribution in [2.45, 2.75) is 6.36 Å². The Morgan fingerprint density at radius 1 is 1.10 bits per heavy atom. The molecule has 7 heteroatoms. The fourth-order valence-electron chi connectivity index (χ4n) is 1.78. The maximum Gasteiger partial charge on any atom is 0.573 e. The van der Waals surface area contributed by atoms with E-state index in [1.54, 1.807) is 0 Å². The minimum atomic E-state index is -4.92. The van der Waals surface area contributed by atoms with Crippen molar-refractivity contribution in [1.29, 1.82) is 0 Å². The lowest BCUT2D eigenvalue weighted by molar-refractivity contribution is -0.274. The van der Waals surface area contributed by atoms with Crippen LogP contribution in [-0.4, -0.2) is 22.5 Å². The number of aromatic carboxylic acids is 1. The summed E-state index contributed by atoms with van der Waals surface area (Å²) in [6, 6.07) is 8.61. The number of ether oxygens (including phenoxy) is 1. The Labute approximate surface area is 117 Å². The molecule has 0 radical (unpaired) electrons. The molecule has 0 aromatic heterocycles. The lowest BCUT2D eigenvalue weighted by Gasteiger charge is -2.14. The van der Waals surface area contributed by atoms with Gasteiger partial charge in [0, 0.05) is 11.6 Å². The number of hydrogen-bond acceptors (Lipinski definition) is 3. The highest BCUT2D eigenvalue weighted by atomic mass is 19.4. The minimum absolute atomic E-state index is 0.0215. The number of phenols is 1. The summed E-state index contributed by atoms with van der Waals surface area (Å²) in [5.74, 6) is -2.20. The van der Waals surface area contributed by atoms with E-state index in [4.69, 9.17) is 5.11 Å². The number of carboxylic acid groups (broad SMARTS) is 1. The summed E-state index contributed by atoms with van der Waals surface area (Å²) >= 11 is 0. The largest absolute Gasteiger partial charge is 0.573 e. The Kier molecular flexibility index (Phi) is 3.75. The first-order chi connectivity index (χ1) is 9.76. The molecule has 0 bridgehead atoms. The second-order valence-corrected chi connectivity index (χ2v) is 4.11. The lowest BCUT2D eigenvalue weighted by Crippen LogP contribution is -2.17. The molecule has 0 amide bonds. The zero-order valence-electron chi connectivity index (χ0n) is 10.4. The summed E-state index contributed by atoms with van der Waals surface area (Å²) in [6.45, 7) is 0. The van der Waals surface area contributed by atoms with E-state index in [-0.39, 0.29) is 16.7 Å². The Morgan fingerprint density at radius 2 is 1.81 bits per heavy atom. The molecule has 2 aromatic carbocycles. The molecule has 2 N–H and O–H groups in total. The van der Waals surface area contributed by atoms with Gasteiger partial charge in [-0.2, -0.15) is 0 Å². The fourth-order valence-corrected chi connectivity index (χ4v) is 1.78. The SMILES string of the molecule is O=C(O)c1cccc(-c2ccc(O)cc2OC(F)(F)F)c1. The van der Waals surface area contributed by atoms with Crippen molar-refractivity contribution in [3.8, 4) is 22.6 Å². The van der Waals surface area contributed by atoms with Crippen molar-refractivity contribution in [2.75, 3.05) is 0 Å². The van der Waals surface area contributed by atoms with Gasteiger partial charge < -0.3 is 14.9 Å². The number of aromatic hydroxyl groups is 1. The maximum absolute atomic E-state index is 12.4. The van der Waals surface area contributed by atoms with Gasteiger partial charge in [-0.25, -0.2) is 4.79 Å². The van der Waals surface area contributed by atoms with Gasteiger partial charge >= 0.3 is 12.3 Å². The van der Waals surface area contributed by atoms with Crippen molar-refractivity contribution in [2.24, 2.45) is 0 Å². The van der Waals surface area contributed by atoms with Gasteiger partial charge in [-0.05, 0) is 29.8 Å². The van der Waals surface area contributed by atoms with Crippen LogP contribution in [0.25, 0.3) is 11.1 Å². The molecule has 110 valence electrons. The van der Waals surface area contributed by atoms with Gasteiger partial charge in [-0.3, -0.25) is 0 Å². The first kappa shape index (κ1) is 14.7.